The van der Waals surface area contributed by atoms with Gasteiger partial charge in [0.05, 0.1) is 5.56 Å². The molecule has 0 aromatic heterocycles. The zero-order valence-electron chi connectivity index (χ0n) is 9.91. The van der Waals surface area contributed by atoms with Crippen LogP contribution in [0, 0.1) is 11.6 Å². The number of ketones is 1. The summed E-state index contributed by atoms with van der Waals surface area (Å²) in [7, 11) is 0. The van der Waals surface area contributed by atoms with Gasteiger partial charge < -0.3 is 0 Å². The van der Waals surface area contributed by atoms with E-state index in [4.69, 9.17) is 0 Å². The first kappa shape index (κ1) is 12.4. The van der Waals surface area contributed by atoms with E-state index >= 15 is 0 Å². The van der Waals surface area contributed by atoms with Crippen molar-refractivity contribution in [3.05, 3.63) is 70.8 Å². The SMILES string of the molecule is CCc1cccc(C(=O)c2cc(F)ccc2F)c1. The molecule has 92 valence electrons. The molecule has 18 heavy (non-hydrogen) atoms. The van der Waals surface area contributed by atoms with Gasteiger partial charge in [-0.1, -0.05) is 25.1 Å². The van der Waals surface area contributed by atoms with Gasteiger partial charge in [0.25, 0.3) is 0 Å². The van der Waals surface area contributed by atoms with Gasteiger partial charge in [-0.05, 0) is 36.2 Å². The number of halogens is 2. The van der Waals surface area contributed by atoms with Crippen LogP contribution in [0.3, 0.4) is 0 Å². The number of carbonyl (C=O) groups is 1. The van der Waals surface area contributed by atoms with E-state index in [0.717, 1.165) is 30.2 Å². The average molecular weight is 246 g/mol. The van der Waals surface area contributed by atoms with Gasteiger partial charge in [0.1, 0.15) is 11.6 Å². The molecule has 0 N–H and O–H groups in total. The molecule has 0 atom stereocenters. The molecule has 0 saturated carbocycles. The minimum absolute atomic E-state index is 0.233. The fourth-order valence-corrected chi connectivity index (χ4v) is 1.76. The predicted octanol–water partition coefficient (Wildman–Crippen LogP) is 3.76. The van der Waals surface area contributed by atoms with Gasteiger partial charge in [-0.3, -0.25) is 4.79 Å². The Morgan fingerprint density at radius 1 is 1.11 bits per heavy atom. The Balaban J connectivity index is 2.44. The maximum atomic E-state index is 13.5. The highest BCUT2D eigenvalue weighted by molar-refractivity contribution is 6.09. The van der Waals surface area contributed by atoms with E-state index in [1.165, 1.54) is 0 Å². The second-order valence-corrected chi connectivity index (χ2v) is 4.01. The lowest BCUT2D eigenvalue weighted by molar-refractivity contribution is 0.103. The van der Waals surface area contributed by atoms with Crippen LogP contribution in [0.1, 0.15) is 28.4 Å². The number of rotatable bonds is 3. The second-order valence-electron chi connectivity index (χ2n) is 4.01. The molecule has 0 unspecified atom stereocenters. The standard InChI is InChI=1S/C15H12F2O/c1-2-10-4-3-5-11(8-10)15(18)13-9-12(16)6-7-14(13)17/h3-9H,2H2,1H3. The Bertz CT molecular complexity index is 591. The number of carbonyl (C=O) groups excluding carboxylic acids is 1. The zero-order valence-corrected chi connectivity index (χ0v) is 9.91. The molecule has 2 rings (SSSR count). The normalized spacial score (nSPS) is 10.4. The van der Waals surface area contributed by atoms with Crippen molar-refractivity contribution in [3.63, 3.8) is 0 Å². The molecule has 0 fully saturated rings. The Morgan fingerprint density at radius 2 is 1.89 bits per heavy atom. The van der Waals surface area contributed by atoms with E-state index in [1.807, 2.05) is 13.0 Å². The summed E-state index contributed by atoms with van der Waals surface area (Å²) < 4.78 is 26.6. The maximum Gasteiger partial charge on any atom is 0.196 e. The van der Waals surface area contributed by atoms with Crippen molar-refractivity contribution < 1.29 is 13.6 Å². The van der Waals surface area contributed by atoms with Gasteiger partial charge in [-0.15, -0.1) is 0 Å². The monoisotopic (exact) mass is 246 g/mol. The van der Waals surface area contributed by atoms with E-state index in [1.54, 1.807) is 18.2 Å². The maximum absolute atomic E-state index is 13.5. The Morgan fingerprint density at radius 3 is 2.61 bits per heavy atom. The van der Waals surface area contributed by atoms with Crippen molar-refractivity contribution in [1.82, 2.24) is 0 Å². The minimum atomic E-state index is -0.705. The van der Waals surface area contributed by atoms with E-state index in [9.17, 15) is 13.6 Å². The lowest BCUT2D eigenvalue weighted by atomic mass is 10.00. The molecule has 2 aromatic rings. The zero-order chi connectivity index (χ0) is 13.1. The van der Waals surface area contributed by atoms with Crippen molar-refractivity contribution in [2.24, 2.45) is 0 Å². The first-order valence-corrected chi connectivity index (χ1v) is 5.70. The van der Waals surface area contributed by atoms with E-state index < -0.39 is 17.4 Å². The summed E-state index contributed by atoms with van der Waals surface area (Å²) in [5.74, 6) is -1.82. The number of hydrogen-bond donors (Lipinski definition) is 0. The van der Waals surface area contributed by atoms with Gasteiger partial charge in [0.15, 0.2) is 5.78 Å². The predicted molar refractivity (Wildman–Crippen MR) is 65.6 cm³/mol. The summed E-state index contributed by atoms with van der Waals surface area (Å²) in [5, 5.41) is 0. The van der Waals surface area contributed by atoms with Crippen LogP contribution in [0.15, 0.2) is 42.5 Å². The highest BCUT2D eigenvalue weighted by atomic mass is 19.1. The summed E-state index contributed by atoms with van der Waals surface area (Å²) in [5.41, 5.74) is 1.12. The molecule has 0 amide bonds. The van der Waals surface area contributed by atoms with Crippen LogP contribution in [-0.2, 0) is 6.42 Å². The molecule has 0 saturated heterocycles. The van der Waals surface area contributed by atoms with Crippen molar-refractivity contribution in [1.29, 1.82) is 0 Å². The first-order chi connectivity index (χ1) is 8.61. The van der Waals surface area contributed by atoms with Crippen molar-refractivity contribution in [3.8, 4) is 0 Å². The number of hydrogen-bond acceptors (Lipinski definition) is 1. The van der Waals surface area contributed by atoms with Crippen molar-refractivity contribution >= 4 is 5.78 Å². The average Bonchev–Trinajstić information content (AvgIpc) is 2.41. The van der Waals surface area contributed by atoms with E-state index in [0.29, 0.717) is 5.56 Å². The van der Waals surface area contributed by atoms with Crippen molar-refractivity contribution in [2.45, 2.75) is 13.3 Å². The fraction of sp³-hybridized carbons (Fsp3) is 0.133. The van der Waals surface area contributed by atoms with Crippen molar-refractivity contribution in [2.75, 3.05) is 0 Å². The Hall–Kier alpha value is -2.03. The van der Waals surface area contributed by atoms with Crippen LogP contribution in [0.2, 0.25) is 0 Å². The second kappa shape index (κ2) is 5.08. The van der Waals surface area contributed by atoms with E-state index in [2.05, 4.69) is 0 Å². The molecule has 0 heterocycles. The molecular formula is C15H12F2O. The third kappa shape index (κ3) is 2.45. The third-order valence-electron chi connectivity index (χ3n) is 2.77. The lowest BCUT2D eigenvalue weighted by Crippen LogP contribution is -2.05. The smallest absolute Gasteiger partial charge is 0.196 e. The van der Waals surface area contributed by atoms with E-state index in [-0.39, 0.29) is 5.56 Å². The Kier molecular flexibility index (Phi) is 3.51. The fourth-order valence-electron chi connectivity index (χ4n) is 1.76. The molecule has 2 aromatic carbocycles. The topological polar surface area (TPSA) is 17.1 Å². The molecule has 0 spiro atoms. The van der Waals surface area contributed by atoms with Crippen LogP contribution in [0.5, 0.6) is 0 Å². The van der Waals surface area contributed by atoms with Crippen LogP contribution in [-0.4, -0.2) is 5.78 Å². The van der Waals surface area contributed by atoms with Crippen LogP contribution >= 0.6 is 0 Å². The number of benzene rings is 2. The van der Waals surface area contributed by atoms with Gasteiger partial charge in [0.2, 0.25) is 0 Å². The molecular weight excluding hydrogens is 234 g/mol. The summed E-state index contributed by atoms with van der Waals surface area (Å²) >= 11 is 0. The largest absolute Gasteiger partial charge is 0.288 e. The summed E-state index contributed by atoms with van der Waals surface area (Å²) in [6, 6.07) is 9.82. The molecule has 0 radical (unpaired) electrons. The third-order valence-corrected chi connectivity index (χ3v) is 2.77. The van der Waals surface area contributed by atoms with Crippen LogP contribution in [0.4, 0.5) is 8.78 Å². The lowest BCUT2D eigenvalue weighted by Gasteiger charge is -2.04. The summed E-state index contributed by atoms with van der Waals surface area (Å²) in [6.45, 7) is 1.96. The molecule has 0 aliphatic rings. The summed E-state index contributed by atoms with van der Waals surface area (Å²) in [6.07, 6.45) is 0.784. The van der Waals surface area contributed by atoms with Gasteiger partial charge in [0, 0.05) is 5.56 Å². The quantitative estimate of drug-likeness (QED) is 0.754. The van der Waals surface area contributed by atoms with Gasteiger partial charge in [-0.2, -0.15) is 0 Å². The van der Waals surface area contributed by atoms with Crippen LogP contribution in [0.25, 0.3) is 0 Å². The minimum Gasteiger partial charge on any atom is -0.288 e. The molecule has 1 nitrogen and oxygen atoms in total. The van der Waals surface area contributed by atoms with Crippen LogP contribution < -0.4 is 0 Å². The number of aryl methyl sites for hydroxylation is 1. The summed E-state index contributed by atoms with van der Waals surface area (Å²) in [4.78, 5) is 12.1. The highest BCUT2D eigenvalue weighted by Gasteiger charge is 2.15. The first-order valence-electron chi connectivity index (χ1n) is 5.70. The Labute approximate surface area is 104 Å². The highest BCUT2D eigenvalue weighted by Crippen LogP contribution is 2.16. The molecule has 0 aliphatic heterocycles. The van der Waals surface area contributed by atoms with Gasteiger partial charge in [-0.25, -0.2) is 8.78 Å². The molecule has 3 heteroatoms. The molecule has 0 bridgehead atoms. The van der Waals surface area contributed by atoms with Gasteiger partial charge >= 0.3 is 0 Å². The molecule has 0 aliphatic carbocycles.